The van der Waals surface area contributed by atoms with Crippen LogP contribution < -0.4 is 20.1 Å². The fraction of sp³-hybridized carbons (Fsp3) is 0.150. The molecule has 1 aromatic heterocycles. The summed E-state index contributed by atoms with van der Waals surface area (Å²) in [6, 6.07) is 12.3. The van der Waals surface area contributed by atoms with E-state index in [-0.39, 0.29) is 11.8 Å². The Hall–Kier alpha value is -3.39. The highest BCUT2D eigenvalue weighted by Crippen LogP contribution is 2.35. The molecule has 0 saturated heterocycles. The van der Waals surface area contributed by atoms with Crippen LogP contribution >= 0.6 is 11.3 Å². The van der Waals surface area contributed by atoms with Gasteiger partial charge in [-0.25, -0.2) is 4.98 Å². The Balaban J connectivity index is 1.46. The van der Waals surface area contributed by atoms with Gasteiger partial charge in [0.05, 0.1) is 5.69 Å². The molecule has 0 radical (unpaired) electrons. The van der Waals surface area contributed by atoms with Gasteiger partial charge >= 0.3 is 0 Å². The molecule has 0 spiro atoms. The summed E-state index contributed by atoms with van der Waals surface area (Å²) in [5.41, 5.74) is 2.75. The van der Waals surface area contributed by atoms with E-state index in [0.717, 1.165) is 17.0 Å². The minimum atomic E-state index is -0.266. The quantitative estimate of drug-likeness (QED) is 0.702. The van der Waals surface area contributed by atoms with Gasteiger partial charge in [-0.1, -0.05) is 0 Å². The Kier molecular flexibility index (Phi) is 4.94. The number of fused-ring (bicyclic) bond motifs is 1. The number of hydrogen-bond donors (Lipinski definition) is 2. The molecule has 2 aromatic carbocycles. The molecule has 142 valence electrons. The summed E-state index contributed by atoms with van der Waals surface area (Å²) in [6.07, 6.45) is 0. The molecule has 28 heavy (non-hydrogen) atoms. The molecule has 0 fully saturated rings. The Bertz CT molecular complexity index is 1030. The first kappa shape index (κ1) is 18.0. The van der Waals surface area contributed by atoms with Crippen molar-refractivity contribution in [2.45, 2.75) is 6.92 Å². The highest BCUT2D eigenvalue weighted by molar-refractivity contribution is 7.14. The van der Waals surface area contributed by atoms with E-state index in [2.05, 4.69) is 15.6 Å². The van der Waals surface area contributed by atoms with E-state index in [4.69, 9.17) is 9.47 Å². The second kappa shape index (κ2) is 7.69. The molecule has 0 bridgehead atoms. The Morgan fingerprint density at radius 1 is 1.00 bits per heavy atom. The van der Waals surface area contributed by atoms with Gasteiger partial charge in [-0.2, -0.15) is 0 Å². The Morgan fingerprint density at radius 3 is 2.50 bits per heavy atom. The molecule has 7 nitrogen and oxygen atoms in total. The van der Waals surface area contributed by atoms with Crippen LogP contribution in [-0.2, 0) is 4.79 Å². The third-order valence-corrected chi connectivity index (χ3v) is 4.79. The second-order valence-electron chi connectivity index (χ2n) is 6.11. The SMILES string of the molecule is CC(=O)Nc1ccc(C(=O)Nc2nc(-c3ccc4c(c3)OCCO4)cs2)cc1. The van der Waals surface area contributed by atoms with Crippen molar-refractivity contribution in [3.05, 3.63) is 53.4 Å². The third kappa shape index (κ3) is 3.96. The molecule has 0 unspecified atom stereocenters. The van der Waals surface area contributed by atoms with E-state index in [0.29, 0.717) is 35.3 Å². The zero-order chi connectivity index (χ0) is 19.5. The van der Waals surface area contributed by atoms with E-state index >= 15 is 0 Å². The molecular weight excluding hydrogens is 378 g/mol. The van der Waals surface area contributed by atoms with Crippen molar-refractivity contribution in [1.82, 2.24) is 4.98 Å². The molecule has 2 N–H and O–H groups in total. The lowest BCUT2D eigenvalue weighted by Crippen LogP contribution is -2.15. The predicted molar refractivity (Wildman–Crippen MR) is 107 cm³/mol. The lowest BCUT2D eigenvalue weighted by atomic mass is 10.1. The minimum Gasteiger partial charge on any atom is -0.486 e. The van der Waals surface area contributed by atoms with Crippen molar-refractivity contribution in [2.24, 2.45) is 0 Å². The van der Waals surface area contributed by atoms with Crippen LogP contribution in [0.15, 0.2) is 47.8 Å². The summed E-state index contributed by atoms with van der Waals surface area (Å²) in [5, 5.41) is 7.84. The van der Waals surface area contributed by atoms with Gasteiger partial charge in [-0.05, 0) is 42.5 Å². The van der Waals surface area contributed by atoms with E-state index < -0.39 is 0 Å². The van der Waals surface area contributed by atoms with Crippen molar-refractivity contribution < 1.29 is 19.1 Å². The first-order valence-corrected chi connectivity index (χ1v) is 9.51. The highest BCUT2D eigenvalue weighted by atomic mass is 32.1. The molecule has 4 rings (SSSR count). The van der Waals surface area contributed by atoms with Gasteiger partial charge in [0.2, 0.25) is 5.91 Å². The largest absolute Gasteiger partial charge is 0.486 e. The summed E-state index contributed by atoms with van der Waals surface area (Å²) in [5.74, 6) is 0.993. The highest BCUT2D eigenvalue weighted by Gasteiger charge is 2.15. The lowest BCUT2D eigenvalue weighted by molar-refractivity contribution is -0.114. The first-order valence-electron chi connectivity index (χ1n) is 8.63. The van der Waals surface area contributed by atoms with E-state index in [1.807, 2.05) is 23.6 Å². The average Bonchev–Trinajstić information content (AvgIpc) is 3.16. The lowest BCUT2D eigenvalue weighted by Gasteiger charge is -2.18. The topological polar surface area (TPSA) is 89.6 Å². The molecule has 0 atom stereocenters. The summed E-state index contributed by atoms with van der Waals surface area (Å²) in [7, 11) is 0. The first-order chi connectivity index (χ1) is 13.6. The van der Waals surface area contributed by atoms with Crippen LogP contribution in [0.25, 0.3) is 11.3 Å². The summed E-state index contributed by atoms with van der Waals surface area (Å²) < 4.78 is 11.1. The average molecular weight is 395 g/mol. The fourth-order valence-electron chi connectivity index (χ4n) is 2.74. The van der Waals surface area contributed by atoms with Crippen LogP contribution in [0, 0.1) is 0 Å². The van der Waals surface area contributed by atoms with E-state index in [1.54, 1.807) is 24.3 Å². The number of benzene rings is 2. The normalized spacial score (nSPS) is 12.3. The van der Waals surface area contributed by atoms with E-state index in [9.17, 15) is 9.59 Å². The molecule has 8 heteroatoms. The van der Waals surface area contributed by atoms with Gasteiger partial charge in [0.1, 0.15) is 13.2 Å². The number of carbonyl (C=O) groups excluding carboxylic acids is 2. The number of hydrogen-bond acceptors (Lipinski definition) is 6. The molecule has 1 aliphatic heterocycles. The molecule has 2 amide bonds. The van der Waals surface area contributed by atoms with Gasteiger partial charge in [0.15, 0.2) is 16.6 Å². The van der Waals surface area contributed by atoms with Gasteiger partial charge in [0.25, 0.3) is 5.91 Å². The summed E-state index contributed by atoms with van der Waals surface area (Å²) in [6.45, 7) is 2.50. The molecule has 0 saturated carbocycles. The maximum Gasteiger partial charge on any atom is 0.257 e. The van der Waals surface area contributed by atoms with Crippen molar-refractivity contribution >= 4 is 34.0 Å². The maximum atomic E-state index is 12.4. The van der Waals surface area contributed by atoms with Crippen LogP contribution in [-0.4, -0.2) is 30.0 Å². The van der Waals surface area contributed by atoms with E-state index in [1.165, 1.54) is 18.3 Å². The summed E-state index contributed by atoms with van der Waals surface area (Å²) >= 11 is 1.34. The van der Waals surface area contributed by atoms with Gasteiger partial charge in [0, 0.05) is 29.1 Å². The monoisotopic (exact) mass is 395 g/mol. The second-order valence-corrected chi connectivity index (χ2v) is 6.97. The van der Waals surface area contributed by atoms with Crippen LogP contribution in [0.4, 0.5) is 10.8 Å². The number of nitrogens with zero attached hydrogens (tertiary/aromatic N) is 1. The number of ether oxygens (including phenoxy) is 2. The Labute approximate surface area is 165 Å². The number of nitrogens with one attached hydrogen (secondary N) is 2. The number of amides is 2. The third-order valence-electron chi connectivity index (χ3n) is 4.03. The van der Waals surface area contributed by atoms with Crippen LogP contribution in [0.3, 0.4) is 0 Å². The molecule has 1 aliphatic rings. The smallest absolute Gasteiger partial charge is 0.257 e. The van der Waals surface area contributed by atoms with Crippen LogP contribution in [0.2, 0.25) is 0 Å². The number of carbonyl (C=O) groups is 2. The molecule has 2 heterocycles. The number of anilines is 2. The Morgan fingerprint density at radius 2 is 1.75 bits per heavy atom. The van der Waals surface area contributed by atoms with Crippen molar-refractivity contribution in [2.75, 3.05) is 23.8 Å². The van der Waals surface area contributed by atoms with Gasteiger partial charge in [-0.15, -0.1) is 11.3 Å². The fourth-order valence-corrected chi connectivity index (χ4v) is 3.46. The van der Waals surface area contributed by atoms with Crippen LogP contribution in [0.1, 0.15) is 17.3 Å². The number of thiazole rings is 1. The van der Waals surface area contributed by atoms with Crippen LogP contribution in [0.5, 0.6) is 11.5 Å². The van der Waals surface area contributed by atoms with Gasteiger partial charge in [-0.3, -0.25) is 14.9 Å². The minimum absolute atomic E-state index is 0.161. The summed E-state index contributed by atoms with van der Waals surface area (Å²) in [4.78, 5) is 28.0. The van der Waals surface area contributed by atoms with Crippen molar-refractivity contribution in [3.8, 4) is 22.8 Å². The number of aromatic nitrogens is 1. The molecular formula is C20H17N3O4S. The predicted octanol–water partition coefficient (Wildman–Crippen LogP) is 3.79. The van der Waals surface area contributed by atoms with Crippen molar-refractivity contribution in [1.29, 1.82) is 0 Å². The maximum absolute atomic E-state index is 12.4. The number of rotatable bonds is 4. The molecule has 0 aliphatic carbocycles. The standard InChI is InChI=1S/C20H17N3O4S/c1-12(24)21-15-5-2-13(3-6-15)19(25)23-20-22-16(11-28-20)14-4-7-17-18(10-14)27-9-8-26-17/h2-7,10-11H,8-9H2,1H3,(H,21,24)(H,22,23,25). The zero-order valence-corrected chi connectivity index (χ0v) is 15.8. The zero-order valence-electron chi connectivity index (χ0n) is 15.0. The van der Waals surface area contributed by atoms with Crippen molar-refractivity contribution in [3.63, 3.8) is 0 Å². The van der Waals surface area contributed by atoms with Gasteiger partial charge < -0.3 is 14.8 Å². The molecule has 3 aromatic rings.